The molecule has 0 saturated heterocycles. The van der Waals surface area contributed by atoms with Crippen molar-refractivity contribution in [1.29, 1.82) is 0 Å². The van der Waals surface area contributed by atoms with E-state index >= 15 is 0 Å². The summed E-state index contributed by atoms with van der Waals surface area (Å²) in [6, 6.07) is 7.25. The Balaban J connectivity index is 2.31. The van der Waals surface area contributed by atoms with Crippen LogP contribution < -0.4 is 11.1 Å². The van der Waals surface area contributed by atoms with E-state index in [1.807, 2.05) is 12.1 Å². The van der Waals surface area contributed by atoms with E-state index in [0.29, 0.717) is 18.0 Å². The van der Waals surface area contributed by atoms with Gasteiger partial charge in [-0.3, -0.25) is 9.59 Å². The lowest BCUT2D eigenvalue weighted by atomic mass is 10.2. The minimum absolute atomic E-state index is 0.164. The predicted molar refractivity (Wildman–Crippen MR) is 80.2 cm³/mol. The molecule has 2 aromatic rings. The van der Waals surface area contributed by atoms with Gasteiger partial charge in [0.15, 0.2) is 11.5 Å². The van der Waals surface area contributed by atoms with E-state index in [2.05, 4.69) is 10.3 Å². The van der Waals surface area contributed by atoms with Crippen molar-refractivity contribution in [3.63, 3.8) is 0 Å². The number of anilines is 1. The number of rotatable bonds is 5. The third kappa shape index (κ3) is 3.61. The number of primary amides is 1. The smallest absolute Gasteiger partial charge is 0.269 e. The number of aromatic nitrogens is 2. The van der Waals surface area contributed by atoms with Crippen molar-refractivity contribution < 1.29 is 9.59 Å². The molecule has 0 fully saturated rings. The highest BCUT2D eigenvalue weighted by Gasteiger charge is 2.17. The Morgan fingerprint density at radius 1 is 1.43 bits per heavy atom. The number of hydrogen-bond donors (Lipinski definition) is 2. The molecule has 0 aliphatic rings. The Hall–Kier alpha value is -2.34. The van der Waals surface area contributed by atoms with Gasteiger partial charge in [0, 0.05) is 18.0 Å². The fraction of sp³-hybridized carbons (Fsp3) is 0.214. The van der Waals surface area contributed by atoms with E-state index in [-0.39, 0.29) is 17.4 Å². The van der Waals surface area contributed by atoms with E-state index in [0.717, 1.165) is 5.56 Å². The van der Waals surface area contributed by atoms with E-state index in [1.54, 1.807) is 23.6 Å². The molecule has 0 radical (unpaired) electrons. The maximum atomic E-state index is 11.6. The zero-order chi connectivity index (χ0) is 15.4. The first-order valence-corrected chi connectivity index (χ1v) is 6.78. The number of imidazole rings is 1. The summed E-state index contributed by atoms with van der Waals surface area (Å²) in [4.78, 5) is 27.1. The molecule has 1 aromatic heterocycles. The summed E-state index contributed by atoms with van der Waals surface area (Å²) in [6.45, 7) is 2.09. The maximum absolute atomic E-state index is 11.6. The molecule has 0 atom stereocenters. The quantitative estimate of drug-likeness (QED) is 0.885. The highest BCUT2D eigenvalue weighted by Crippen LogP contribution is 2.17. The van der Waals surface area contributed by atoms with E-state index in [1.165, 1.54) is 6.33 Å². The summed E-state index contributed by atoms with van der Waals surface area (Å²) in [5.41, 5.74) is 6.45. The number of amides is 2. The first-order chi connectivity index (χ1) is 10.0. The van der Waals surface area contributed by atoms with Crippen LogP contribution in [0.1, 0.15) is 29.4 Å². The molecule has 0 saturated carbocycles. The van der Waals surface area contributed by atoms with Crippen LogP contribution >= 0.6 is 11.6 Å². The largest absolute Gasteiger partial charge is 0.364 e. The zero-order valence-electron chi connectivity index (χ0n) is 11.5. The van der Waals surface area contributed by atoms with Gasteiger partial charge in [-0.15, -0.1) is 0 Å². The lowest BCUT2D eigenvalue weighted by Crippen LogP contribution is -2.21. The molecule has 1 heterocycles. The Bertz CT molecular complexity index is 681. The summed E-state index contributed by atoms with van der Waals surface area (Å²) in [5.74, 6) is -0.706. The van der Waals surface area contributed by atoms with Gasteiger partial charge in [-0.1, -0.05) is 30.7 Å². The highest BCUT2D eigenvalue weighted by molar-refractivity contribution is 6.30. The van der Waals surface area contributed by atoms with Gasteiger partial charge in [0.05, 0.1) is 6.33 Å². The van der Waals surface area contributed by atoms with Crippen molar-refractivity contribution in [2.45, 2.75) is 19.9 Å². The molecule has 2 amide bonds. The van der Waals surface area contributed by atoms with Gasteiger partial charge >= 0.3 is 0 Å². The summed E-state index contributed by atoms with van der Waals surface area (Å²) < 4.78 is 1.58. The van der Waals surface area contributed by atoms with Crippen molar-refractivity contribution in [2.75, 3.05) is 5.32 Å². The number of halogens is 1. The minimum atomic E-state index is -0.652. The van der Waals surface area contributed by atoms with Crippen LogP contribution in [0.2, 0.25) is 5.02 Å². The van der Waals surface area contributed by atoms with Gasteiger partial charge in [-0.05, 0) is 17.7 Å². The second-order valence-electron chi connectivity index (χ2n) is 4.47. The topological polar surface area (TPSA) is 90.0 Å². The van der Waals surface area contributed by atoms with Gasteiger partial charge in [0.1, 0.15) is 0 Å². The van der Waals surface area contributed by atoms with Gasteiger partial charge in [-0.2, -0.15) is 0 Å². The van der Waals surface area contributed by atoms with Crippen LogP contribution in [-0.4, -0.2) is 21.4 Å². The van der Waals surface area contributed by atoms with Gasteiger partial charge < -0.3 is 15.6 Å². The summed E-state index contributed by atoms with van der Waals surface area (Å²) in [7, 11) is 0. The number of nitrogens with one attached hydrogen (secondary N) is 1. The van der Waals surface area contributed by atoms with Crippen molar-refractivity contribution in [3.05, 3.63) is 46.9 Å². The first kappa shape index (κ1) is 15.1. The lowest BCUT2D eigenvalue weighted by Gasteiger charge is -2.08. The molecule has 1 aromatic carbocycles. The highest BCUT2D eigenvalue weighted by atomic mass is 35.5. The van der Waals surface area contributed by atoms with Gasteiger partial charge in [-0.25, -0.2) is 4.98 Å². The Kier molecular flexibility index (Phi) is 4.59. The average molecular weight is 307 g/mol. The standard InChI is InChI=1S/C14H15ClN4O2/c1-2-11(20)18-14-12(13(16)21)19(8-17-14)7-9-4-3-5-10(15)6-9/h3-6,8H,2,7H2,1H3,(H2,16,21)(H,18,20). The van der Waals surface area contributed by atoms with Gasteiger partial charge in [0.25, 0.3) is 5.91 Å². The lowest BCUT2D eigenvalue weighted by molar-refractivity contribution is -0.115. The number of benzene rings is 1. The third-order valence-electron chi connectivity index (χ3n) is 2.89. The fourth-order valence-electron chi connectivity index (χ4n) is 1.90. The second kappa shape index (κ2) is 6.41. The Morgan fingerprint density at radius 3 is 2.81 bits per heavy atom. The summed E-state index contributed by atoms with van der Waals surface area (Å²) in [5, 5.41) is 3.17. The van der Waals surface area contributed by atoms with E-state index < -0.39 is 5.91 Å². The monoisotopic (exact) mass is 306 g/mol. The molecule has 0 unspecified atom stereocenters. The minimum Gasteiger partial charge on any atom is -0.364 e. The number of nitrogens with zero attached hydrogens (tertiary/aromatic N) is 2. The summed E-state index contributed by atoms with van der Waals surface area (Å²) in [6.07, 6.45) is 1.76. The number of carbonyl (C=O) groups excluding carboxylic acids is 2. The number of hydrogen-bond acceptors (Lipinski definition) is 3. The maximum Gasteiger partial charge on any atom is 0.269 e. The fourth-order valence-corrected chi connectivity index (χ4v) is 2.12. The van der Waals surface area contributed by atoms with Crippen LogP contribution in [0.4, 0.5) is 5.82 Å². The van der Waals surface area contributed by atoms with Crippen LogP contribution in [-0.2, 0) is 11.3 Å². The molecule has 0 aliphatic heterocycles. The van der Waals surface area contributed by atoms with Crippen LogP contribution in [0.3, 0.4) is 0 Å². The molecule has 0 aliphatic carbocycles. The molecule has 0 bridgehead atoms. The molecule has 0 spiro atoms. The molecule has 3 N–H and O–H groups in total. The second-order valence-corrected chi connectivity index (χ2v) is 4.90. The van der Waals surface area contributed by atoms with Gasteiger partial charge in [0.2, 0.25) is 5.91 Å². The molecule has 2 rings (SSSR count). The average Bonchev–Trinajstić information content (AvgIpc) is 2.81. The number of carbonyl (C=O) groups is 2. The van der Waals surface area contributed by atoms with Crippen LogP contribution in [0, 0.1) is 0 Å². The van der Waals surface area contributed by atoms with Crippen molar-refractivity contribution >= 4 is 29.2 Å². The van der Waals surface area contributed by atoms with Crippen molar-refractivity contribution in [1.82, 2.24) is 9.55 Å². The Morgan fingerprint density at radius 2 is 2.19 bits per heavy atom. The van der Waals surface area contributed by atoms with E-state index in [4.69, 9.17) is 17.3 Å². The summed E-state index contributed by atoms with van der Waals surface area (Å²) >= 11 is 5.93. The molecule has 21 heavy (non-hydrogen) atoms. The molecule has 7 heteroatoms. The molecule has 110 valence electrons. The first-order valence-electron chi connectivity index (χ1n) is 6.40. The molecule has 6 nitrogen and oxygen atoms in total. The van der Waals surface area contributed by atoms with Crippen LogP contribution in [0.15, 0.2) is 30.6 Å². The van der Waals surface area contributed by atoms with Crippen molar-refractivity contribution in [2.24, 2.45) is 5.73 Å². The zero-order valence-corrected chi connectivity index (χ0v) is 12.2. The SMILES string of the molecule is CCC(=O)Nc1ncn(Cc2cccc(Cl)c2)c1C(N)=O. The predicted octanol–water partition coefficient (Wildman–Crippen LogP) is 2.03. The van der Waals surface area contributed by atoms with Crippen molar-refractivity contribution in [3.8, 4) is 0 Å². The normalized spacial score (nSPS) is 10.4. The Labute approximate surface area is 126 Å². The molecular formula is C14H15ClN4O2. The van der Waals surface area contributed by atoms with E-state index in [9.17, 15) is 9.59 Å². The number of nitrogens with two attached hydrogens (primary N) is 1. The third-order valence-corrected chi connectivity index (χ3v) is 3.13. The van der Waals surface area contributed by atoms with Crippen LogP contribution in [0.5, 0.6) is 0 Å². The van der Waals surface area contributed by atoms with Crippen LogP contribution in [0.25, 0.3) is 0 Å². The molecular weight excluding hydrogens is 292 g/mol.